The van der Waals surface area contributed by atoms with Crippen molar-refractivity contribution in [1.29, 1.82) is 0 Å². The molecule has 6 heteroatoms. The lowest BCUT2D eigenvalue weighted by Crippen LogP contribution is -2.13. The number of Topliss-reactive ketones (excluding diaryl/α,β-unsaturated/α-hetero) is 1. The van der Waals surface area contributed by atoms with E-state index in [0.29, 0.717) is 0 Å². The molecule has 0 heterocycles. The predicted molar refractivity (Wildman–Crippen MR) is 61.9 cm³/mol. The van der Waals surface area contributed by atoms with Gasteiger partial charge in [0.1, 0.15) is 11.1 Å². The summed E-state index contributed by atoms with van der Waals surface area (Å²) in [6, 6.07) is 3.40. The third kappa shape index (κ3) is 3.38. The molecule has 0 amide bonds. The van der Waals surface area contributed by atoms with Gasteiger partial charge in [-0.1, -0.05) is 6.07 Å². The van der Waals surface area contributed by atoms with Crippen LogP contribution in [0.3, 0.4) is 0 Å². The van der Waals surface area contributed by atoms with Gasteiger partial charge in [-0.15, -0.1) is 11.6 Å². The van der Waals surface area contributed by atoms with Gasteiger partial charge >= 0.3 is 6.18 Å². The van der Waals surface area contributed by atoms with Crippen molar-refractivity contribution in [1.82, 2.24) is 0 Å². The number of alkyl halides is 4. The zero-order chi connectivity index (χ0) is 13.9. The van der Waals surface area contributed by atoms with Crippen LogP contribution in [0.4, 0.5) is 13.2 Å². The van der Waals surface area contributed by atoms with Gasteiger partial charge < -0.3 is 4.74 Å². The summed E-state index contributed by atoms with van der Waals surface area (Å²) in [5, 5.41) is -1.31. The average molecular weight is 281 g/mol. The van der Waals surface area contributed by atoms with Crippen LogP contribution in [0.1, 0.15) is 30.4 Å². The molecule has 100 valence electrons. The minimum atomic E-state index is -4.58. The molecule has 0 aliphatic carbocycles. The van der Waals surface area contributed by atoms with Crippen LogP contribution in [0.15, 0.2) is 18.2 Å². The van der Waals surface area contributed by atoms with Crippen LogP contribution in [-0.2, 0) is 11.0 Å². The second kappa shape index (κ2) is 5.61. The number of carbonyl (C=O) groups excluding carboxylic acids is 1. The van der Waals surface area contributed by atoms with Gasteiger partial charge in [0.2, 0.25) is 0 Å². The van der Waals surface area contributed by atoms with Crippen LogP contribution in [0.5, 0.6) is 5.75 Å². The lowest BCUT2D eigenvalue weighted by atomic mass is 10.0. The van der Waals surface area contributed by atoms with E-state index in [0.717, 1.165) is 13.0 Å². The fourth-order valence-corrected chi connectivity index (χ4v) is 1.67. The van der Waals surface area contributed by atoms with Gasteiger partial charge in [-0.05, 0) is 31.5 Å². The van der Waals surface area contributed by atoms with Crippen molar-refractivity contribution < 1.29 is 22.7 Å². The summed E-state index contributed by atoms with van der Waals surface area (Å²) in [7, 11) is 0. The van der Waals surface area contributed by atoms with Crippen LogP contribution >= 0.6 is 11.6 Å². The number of benzene rings is 1. The second-order valence-electron chi connectivity index (χ2n) is 3.65. The first-order valence-electron chi connectivity index (χ1n) is 5.25. The van der Waals surface area contributed by atoms with Gasteiger partial charge in [0.05, 0.1) is 12.2 Å². The Labute approximate surface area is 108 Å². The summed E-state index contributed by atoms with van der Waals surface area (Å²) in [5.41, 5.74) is -1.19. The zero-order valence-corrected chi connectivity index (χ0v) is 10.6. The van der Waals surface area contributed by atoms with Crippen LogP contribution in [-0.4, -0.2) is 12.4 Å². The maximum absolute atomic E-state index is 12.9. The molecule has 1 rings (SSSR count). The predicted octanol–water partition coefficient (Wildman–Crippen LogP) is 3.97. The Balaban J connectivity index is 3.30. The molecule has 0 bridgehead atoms. The summed E-state index contributed by atoms with van der Waals surface area (Å²) < 4.78 is 43.6. The molecule has 0 aromatic heterocycles. The van der Waals surface area contributed by atoms with E-state index in [1.807, 2.05) is 0 Å². The molecular weight excluding hydrogens is 269 g/mol. The van der Waals surface area contributed by atoms with E-state index in [2.05, 4.69) is 0 Å². The average Bonchev–Trinajstić information content (AvgIpc) is 2.27. The first-order valence-corrected chi connectivity index (χ1v) is 5.69. The third-order valence-corrected chi connectivity index (χ3v) is 2.81. The fraction of sp³-hybridized carbons (Fsp3) is 0.417. The van der Waals surface area contributed by atoms with Crippen molar-refractivity contribution >= 4 is 17.4 Å². The van der Waals surface area contributed by atoms with E-state index >= 15 is 0 Å². The lowest BCUT2D eigenvalue weighted by Gasteiger charge is -2.16. The quantitative estimate of drug-likeness (QED) is 0.780. The number of carbonyl (C=O) groups is 1. The number of ketones is 1. The second-order valence-corrected chi connectivity index (χ2v) is 4.09. The smallest absolute Gasteiger partial charge is 0.416 e. The highest BCUT2D eigenvalue weighted by molar-refractivity contribution is 6.30. The van der Waals surface area contributed by atoms with E-state index < -0.39 is 22.9 Å². The van der Waals surface area contributed by atoms with Crippen LogP contribution in [0.2, 0.25) is 0 Å². The molecule has 1 aromatic rings. The van der Waals surface area contributed by atoms with E-state index in [4.69, 9.17) is 16.3 Å². The normalized spacial score (nSPS) is 13.2. The monoisotopic (exact) mass is 280 g/mol. The van der Waals surface area contributed by atoms with E-state index in [9.17, 15) is 18.0 Å². The number of ether oxygens (including phenoxy) is 1. The Morgan fingerprint density at radius 2 is 2.06 bits per heavy atom. The van der Waals surface area contributed by atoms with E-state index in [-0.39, 0.29) is 17.9 Å². The molecule has 0 saturated carbocycles. The van der Waals surface area contributed by atoms with E-state index in [1.165, 1.54) is 12.1 Å². The van der Waals surface area contributed by atoms with Crippen LogP contribution < -0.4 is 4.74 Å². The summed E-state index contributed by atoms with van der Waals surface area (Å²) in [6.45, 7) is 3.07. The molecule has 2 nitrogen and oxygen atoms in total. The zero-order valence-electron chi connectivity index (χ0n) is 9.84. The SMILES string of the molecule is CCOc1ccc(C(Cl)C(C)=O)c(C(F)(F)F)c1. The van der Waals surface area contributed by atoms with Crippen molar-refractivity contribution in [3.63, 3.8) is 0 Å². The topological polar surface area (TPSA) is 26.3 Å². The van der Waals surface area contributed by atoms with Crippen LogP contribution in [0.25, 0.3) is 0 Å². The maximum Gasteiger partial charge on any atom is 0.416 e. The van der Waals surface area contributed by atoms with Crippen molar-refractivity contribution in [3.05, 3.63) is 29.3 Å². The molecule has 0 aliphatic heterocycles. The Hall–Kier alpha value is -1.23. The summed E-state index contributed by atoms with van der Waals surface area (Å²) >= 11 is 5.69. The Kier molecular flexibility index (Phi) is 4.62. The van der Waals surface area contributed by atoms with Gasteiger partial charge in [-0.25, -0.2) is 0 Å². The van der Waals surface area contributed by atoms with Crippen LogP contribution in [0, 0.1) is 0 Å². The highest BCUT2D eigenvalue weighted by atomic mass is 35.5. The number of hydrogen-bond donors (Lipinski definition) is 0. The minimum absolute atomic E-state index is 0.0981. The summed E-state index contributed by atoms with van der Waals surface area (Å²) in [4.78, 5) is 11.1. The van der Waals surface area contributed by atoms with Crippen molar-refractivity contribution in [2.75, 3.05) is 6.61 Å². The van der Waals surface area contributed by atoms with Crippen molar-refractivity contribution in [3.8, 4) is 5.75 Å². The van der Waals surface area contributed by atoms with Crippen molar-refractivity contribution in [2.24, 2.45) is 0 Å². The molecule has 1 aromatic carbocycles. The third-order valence-electron chi connectivity index (χ3n) is 2.27. The Bertz CT molecular complexity index is 443. The first kappa shape index (κ1) is 14.8. The number of hydrogen-bond acceptors (Lipinski definition) is 2. The standard InChI is InChI=1S/C12H12ClF3O2/c1-3-18-8-4-5-9(11(13)7(2)17)10(6-8)12(14,15)16/h4-6,11H,3H2,1-2H3. The maximum atomic E-state index is 12.9. The lowest BCUT2D eigenvalue weighted by molar-refractivity contribution is -0.138. The minimum Gasteiger partial charge on any atom is -0.494 e. The molecule has 0 saturated heterocycles. The van der Waals surface area contributed by atoms with Gasteiger partial charge in [0.15, 0.2) is 5.78 Å². The first-order chi connectivity index (χ1) is 8.27. The molecule has 1 atom stereocenters. The summed E-state index contributed by atoms with van der Waals surface area (Å²) in [5.74, 6) is -0.438. The molecule has 18 heavy (non-hydrogen) atoms. The van der Waals surface area contributed by atoms with Crippen molar-refractivity contribution in [2.45, 2.75) is 25.4 Å². The molecule has 0 radical (unpaired) electrons. The molecule has 0 N–H and O–H groups in total. The molecule has 1 unspecified atom stereocenters. The molecule has 0 aliphatic rings. The fourth-order valence-electron chi connectivity index (χ4n) is 1.48. The Morgan fingerprint density at radius 1 is 1.44 bits per heavy atom. The van der Waals surface area contributed by atoms with Gasteiger partial charge in [-0.2, -0.15) is 13.2 Å². The summed E-state index contributed by atoms with van der Waals surface area (Å²) in [6.07, 6.45) is -4.58. The molecular formula is C12H12ClF3O2. The van der Waals surface area contributed by atoms with Gasteiger partial charge in [0.25, 0.3) is 0 Å². The number of halogens is 4. The highest BCUT2D eigenvalue weighted by Gasteiger charge is 2.36. The van der Waals surface area contributed by atoms with Gasteiger partial charge in [-0.3, -0.25) is 4.79 Å². The molecule has 0 fully saturated rings. The number of rotatable bonds is 4. The highest BCUT2D eigenvalue weighted by Crippen LogP contribution is 2.38. The largest absolute Gasteiger partial charge is 0.494 e. The van der Waals surface area contributed by atoms with E-state index in [1.54, 1.807) is 6.92 Å². The van der Waals surface area contributed by atoms with Gasteiger partial charge in [0, 0.05) is 0 Å². The Morgan fingerprint density at radius 3 is 2.50 bits per heavy atom. The molecule has 0 spiro atoms.